The van der Waals surface area contributed by atoms with E-state index in [0.717, 1.165) is 32.5 Å². The normalized spacial score (nSPS) is 22.6. The van der Waals surface area contributed by atoms with Gasteiger partial charge in [0.15, 0.2) is 0 Å². The van der Waals surface area contributed by atoms with Gasteiger partial charge in [0.25, 0.3) is 0 Å². The minimum Gasteiger partial charge on any atom is -0.377 e. The minimum atomic E-state index is -0.283. The maximum atomic E-state index is 11.0. The molecular formula is C12H25N3O2. The van der Waals surface area contributed by atoms with E-state index in [1.54, 1.807) is 7.05 Å². The highest BCUT2D eigenvalue weighted by atomic mass is 16.5. The van der Waals surface area contributed by atoms with Crippen LogP contribution in [0.3, 0.4) is 0 Å². The van der Waals surface area contributed by atoms with Crippen LogP contribution < -0.4 is 11.1 Å². The number of hydrogen-bond donors (Lipinski definition) is 2. The molecule has 1 heterocycles. The van der Waals surface area contributed by atoms with Gasteiger partial charge in [-0.15, -0.1) is 0 Å². The second kappa shape index (κ2) is 7.63. The van der Waals surface area contributed by atoms with Crippen molar-refractivity contribution in [2.75, 3.05) is 33.8 Å². The molecule has 1 aliphatic rings. The molecule has 0 bridgehead atoms. The van der Waals surface area contributed by atoms with Crippen molar-refractivity contribution < 1.29 is 9.53 Å². The number of carbonyl (C=O) groups is 1. The first-order valence-corrected chi connectivity index (χ1v) is 6.40. The number of rotatable bonds is 7. The van der Waals surface area contributed by atoms with Crippen molar-refractivity contribution in [1.29, 1.82) is 0 Å². The van der Waals surface area contributed by atoms with Crippen molar-refractivity contribution in [3.63, 3.8) is 0 Å². The molecule has 0 spiro atoms. The lowest BCUT2D eigenvalue weighted by Crippen LogP contribution is -2.42. The summed E-state index contributed by atoms with van der Waals surface area (Å²) >= 11 is 0. The van der Waals surface area contributed by atoms with Crippen LogP contribution in [0.2, 0.25) is 0 Å². The molecule has 0 saturated carbocycles. The van der Waals surface area contributed by atoms with Gasteiger partial charge >= 0.3 is 0 Å². The quantitative estimate of drug-likeness (QED) is 0.658. The summed E-state index contributed by atoms with van der Waals surface area (Å²) in [6.07, 6.45) is 4.70. The highest BCUT2D eigenvalue weighted by molar-refractivity contribution is 5.79. The van der Waals surface area contributed by atoms with Gasteiger partial charge in [0.1, 0.15) is 0 Å². The lowest BCUT2D eigenvalue weighted by atomic mass is 10.1. The van der Waals surface area contributed by atoms with Crippen molar-refractivity contribution in [3.05, 3.63) is 0 Å². The second-order valence-corrected chi connectivity index (χ2v) is 4.78. The van der Waals surface area contributed by atoms with Crippen molar-refractivity contribution in [3.8, 4) is 0 Å². The number of nitrogens with two attached hydrogens (primary N) is 1. The summed E-state index contributed by atoms with van der Waals surface area (Å²) < 4.78 is 5.68. The van der Waals surface area contributed by atoms with Crippen LogP contribution in [0.25, 0.3) is 0 Å². The molecule has 0 aromatic heterocycles. The zero-order chi connectivity index (χ0) is 12.7. The van der Waals surface area contributed by atoms with Crippen LogP contribution in [-0.4, -0.2) is 56.7 Å². The second-order valence-electron chi connectivity index (χ2n) is 4.78. The number of carbonyl (C=O) groups excluding carboxylic acids is 1. The van der Waals surface area contributed by atoms with Crippen molar-refractivity contribution >= 4 is 5.91 Å². The Kier molecular flexibility index (Phi) is 6.47. The molecule has 5 heteroatoms. The molecule has 1 aliphatic heterocycles. The van der Waals surface area contributed by atoms with Crippen molar-refractivity contribution in [2.45, 2.75) is 37.8 Å². The Morgan fingerprint density at radius 2 is 2.35 bits per heavy atom. The third-order valence-electron chi connectivity index (χ3n) is 3.28. The fourth-order valence-electron chi connectivity index (χ4n) is 2.17. The van der Waals surface area contributed by atoms with E-state index in [4.69, 9.17) is 10.5 Å². The number of hydrogen-bond acceptors (Lipinski definition) is 4. The maximum absolute atomic E-state index is 11.0. The fraction of sp³-hybridized carbons (Fsp3) is 0.917. The van der Waals surface area contributed by atoms with Gasteiger partial charge in [0.2, 0.25) is 5.91 Å². The lowest BCUT2D eigenvalue weighted by molar-refractivity contribution is -0.120. The van der Waals surface area contributed by atoms with Crippen LogP contribution >= 0.6 is 0 Å². The summed E-state index contributed by atoms with van der Waals surface area (Å²) in [4.78, 5) is 13.3. The summed E-state index contributed by atoms with van der Waals surface area (Å²) in [5, 5.41) is 2.93. The van der Waals surface area contributed by atoms with E-state index < -0.39 is 0 Å². The molecule has 17 heavy (non-hydrogen) atoms. The number of ether oxygens (including phenoxy) is 1. The first kappa shape index (κ1) is 14.4. The van der Waals surface area contributed by atoms with E-state index in [1.807, 2.05) is 0 Å². The van der Waals surface area contributed by atoms with Gasteiger partial charge in [-0.05, 0) is 46.3 Å². The molecule has 1 amide bonds. The van der Waals surface area contributed by atoms with E-state index in [2.05, 4.69) is 17.3 Å². The van der Waals surface area contributed by atoms with Gasteiger partial charge < -0.3 is 20.7 Å². The first-order valence-electron chi connectivity index (χ1n) is 6.40. The highest BCUT2D eigenvalue weighted by Gasteiger charge is 2.17. The van der Waals surface area contributed by atoms with Gasteiger partial charge in [0, 0.05) is 13.2 Å². The smallest absolute Gasteiger partial charge is 0.234 e. The summed E-state index contributed by atoms with van der Waals surface area (Å²) in [5.41, 5.74) is 5.27. The molecule has 0 aromatic rings. The first-order chi connectivity index (χ1) is 8.13. The minimum absolute atomic E-state index is 0.232. The topological polar surface area (TPSA) is 67.6 Å². The number of amides is 1. The van der Waals surface area contributed by atoms with E-state index in [-0.39, 0.29) is 11.9 Å². The Labute approximate surface area is 104 Å². The van der Waals surface area contributed by atoms with E-state index in [9.17, 15) is 4.79 Å². The van der Waals surface area contributed by atoms with Gasteiger partial charge in [-0.1, -0.05) is 0 Å². The van der Waals surface area contributed by atoms with Crippen LogP contribution in [0.15, 0.2) is 0 Å². The van der Waals surface area contributed by atoms with Crippen LogP contribution in [0.5, 0.6) is 0 Å². The molecular weight excluding hydrogens is 218 g/mol. The molecule has 0 aliphatic carbocycles. The molecule has 1 saturated heterocycles. The zero-order valence-electron chi connectivity index (χ0n) is 10.9. The maximum Gasteiger partial charge on any atom is 0.234 e. The van der Waals surface area contributed by atoms with Gasteiger partial charge in [-0.3, -0.25) is 4.79 Å². The number of nitrogens with one attached hydrogen (secondary N) is 1. The number of likely N-dealkylation sites (N-methyl/N-ethyl adjacent to an activating group) is 2. The Balaban J connectivity index is 2.19. The average molecular weight is 243 g/mol. The summed E-state index contributed by atoms with van der Waals surface area (Å²) in [7, 11) is 3.82. The SMILES string of the molecule is CNC(CCN(C)CC1CCCCO1)C(N)=O. The van der Waals surface area contributed by atoms with E-state index in [0.29, 0.717) is 6.10 Å². The molecule has 0 aromatic carbocycles. The summed E-state index contributed by atoms with van der Waals surface area (Å²) in [6, 6.07) is -0.232. The van der Waals surface area contributed by atoms with Crippen LogP contribution in [-0.2, 0) is 9.53 Å². The highest BCUT2D eigenvalue weighted by Crippen LogP contribution is 2.13. The van der Waals surface area contributed by atoms with Gasteiger partial charge in [0.05, 0.1) is 12.1 Å². The Morgan fingerprint density at radius 1 is 1.59 bits per heavy atom. The van der Waals surface area contributed by atoms with Crippen LogP contribution in [0.1, 0.15) is 25.7 Å². The van der Waals surface area contributed by atoms with Crippen molar-refractivity contribution in [2.24, 2.45) is 5.73 Å². The molecule has 2 unspecified atom stereocenters. The largest absolute Gasteiger partial charge is 0.377 e. The van der Waals surface area contributed by atoms with Crippen molar-refractivity contribution in [1.82, 2.24) is 10.2 Å². The average Bonchev–Trinajstić information content (AvgIpc) is 2.30. The standard InChI is InChI=1S/C12H25N3O2/c1-14-11(12(13)16)6-7-15(2)9-10-5-3-4-8-17-10/h10-11,14H,3-9H2,1-2H3,(H2,13,16). The molecule has 2 atom stereocenters. The van der Waals surface area contributed by atoms with Crippen LogP contribution in [0.4, 0.5) is 0 Å². The Bertz CT molecular complexity index is 230. The third kappa shape index (κ3) is 5.48. The predicted octanol–water partition coefficient (Wildman–Crippen LogP) is -0.0493. The molecule has 0 radical (unpaired) electrons. The van der Waals surface area contributed by atoms with Gasteiger partial charge in [-0.2, -0.15) is 0 Å². The summed E-state index contributed by atoms with van der Waals surface area (Å²) in [6.45, 7) is 2.68. The molecule has 5 nitrogen and oxygen atoms in total. The monoisotopic (exact) mass is 243 g/mol. The van der Waals surface area contributed by atoms with Crippen LogP contribution in [0, 0.1) is 0 Å². The molecule has 100 valence electrons. The third-order valence-corrected chi connectivity index (χ3v) is 3.28. The molecule has 1 rings (SSSR count). The van der Waals surface area contributed by atoms with E-state index in [1.165, 1.54) is 12.8 Å². The Hall–Kier alpha value is -0.650. The number of nitrogens with zero attached hydrogens (tertiary/aromatic N) is 1. The predicted molar refractivity (Wildman–Crippen MR) is 67.7 cm³/mol. The lowest BCUT2D eigenvalue weighted by Gasteiger charge is -2.28. The number of primary amides is 1. The zero-order valence-corrected chi connectivity index (χ0v) is 10.9. The molecule has 1 fully saturated rings. The Morgan fingerprint density at radius 3 is 2.88 bits per heavy atom. The van der Waals surface area contributed by atoms with Gasteiger partial charge in [-0.25, -0.2) is 0 Å². The fourth-order valence-corrected chi connectivity index (χ4v) is 2.17. The van der Waals surface area contributed by atoms with E-state index >= 15 is 0 Å². The summed E-state index contributed by atoms with van der Waals surface area (Å²) in [5.74, 6) is -0.283. The molecule has 3 N–H and O–H groups in total.